The molecule has 9 heteroatoms. The van der Waals surface area contributed by atoms with Gasteiger partial charge in [-0.1, -0.05) is 41.4 Å². The summed E-state index contributed by atoms with van der Waals surface area (Å²) in [6.07, 6.45) is 1.33. The van der Waals surface area contributed by atoms with Crippen LogP contribution in [-0.4, -0.2) is 22.2 Å². The lowest BCUT2D eigenvalue weighted by molar-refractivity contribution is 0.0955. The van der Waals surface area contributed by atoms with E-state index in [-0.39, 0.29) is 11.7 Å². The van der Waals surface area contributed by atoms with Gasteiger partial charge in [0.15, 0.2) is 5.13 Å². The number of aromatic nitrogens is 1. The molecule has 0 bridgehead atoms. The predicted octanol–water partition coefficient (Wildman–Crippen LogP) is 6.75. The first kappa shape index (κ1) is 23.0. The molecule has 4 aromatic rings. The number of thiazole rings is 1. The molecule has 33 heavy (non-hydrogen) atoms. The number of phenolic OH excluding ortho intramolecular Hbond substituents is 1. The summed E-state index contributed by atoms with van der Waals surface area (Å²) in [6, 6.07) is 18.3. The molecule has 0 unspecified atom stereocenters. The first-order chi connectivity index (χ1) is 15.9. The fourth-order valence-electron chi connectivity index (χ4n) is 2.93. The number of nitrogens with zero attached hydrogens (tertiary/aromatic N) is 2. The molecular formula is C24H18BrClN4O2S. The maximum Gasteiger partial charge on any atom is 0.271 e. The van der Waals surface area contributed by atoms with Crippen LogP contribution in [-0.2, 0) is 0 Å². The zero-order chi connectivity index (χ0) is 23.4. The second-order valence-electron chi connectivity index (χ2n) is 7.13. The van der Waals surface area contributed by atoms with Crippen molar-refractivity contribution in [2.75, 3.05) is 5.32 Å². The molecule has 0 aliphatic carbocycles. The Morgan fingerprint density at radius 3 is 2.61 bits per heavy atom. The maximum atomic E-state index is 12.4. The van der Waals surface area contributed by atoms with Crippen LogP contribution in [0, 0.1) is 6.92 Å². The lowest BCUT2D eigenvalue weighted by atomic mass is 10.1. The molecule has 6 nitrogen and oxygen atoms in total. The quantitative estimate of drug-likeness (QED) is 0.186. The number of hydrogen-bond acceptors (Lipinski definition) is 6. The van der Waals surface area contributed by atoms with Gasteiger partial charge in [0.2, 0.25) is 0 Å². The zero-order valence-electron chi connectivity index (χ0n) is 17.3. The second-order valence-corrected chi connectivity index (χ2v) is 9.28. The summed E-state index contributed by atoms with van der Waals surface area (Å²) in [6.45, 7) is 2.05. The standard InChI is InChI=1S/C24H18BrClN4O2S/c1-14-2-8-19(9-3-14)28-24-29-21(13-33-24)15-4-6-16(7-5-15)23(32)30-27-12-17-10-18(26)11-20(25)22(17)31/h2-13,31H,1H3,(H,28,29)(H,30,32)/b27-12-. The SMILES string of the molecule is Cc1ccc(Nc2nc(-c3ccc(C(=O)N/N=C\c4cc(Cl)cc(Br)c4O)cc3)cs2)cc1. The fraction of sp³-hybridized carbons (Fsp3) is 0.0417. The molecule has 0 radical (unpaired) electrons. The molecule has 1 aromatic heterocycles. The summed E-state index contributed by atoms with van der Waals surface area (Å²) in [5.74, 6) is -0.389. The first-order valence-electron chi connectivity index (χ1n) is 9.80. The van der Waals surface area contributed by atoms with Gasteiger partial charge in [-0.15, -0.1) is 11.3 Å². The average molecular weight is 542 g/mol. The number of hydrogen-bond donors (Lipinski definition) is 3. The topological polar surface area (TPSA) is 86.6 Å². The van der Waals surface area contributed by atoms with E-state index in [0.29, 0.717) is 20.6 Å². The van der Waals surface area contributed by atoms with Gasteiger partial charge in [-0.3, -0.25) is 4.79 Å². The number of carbonyl (C=O) groups is 1. The summed E-state index contributed by atoms with van der Waals surface area (Å²) < 4.78 is 0.442. The van der Waals surface area contributed by atoms with Crippen molar-refractivity contribution in [2.45, 2.75) is 6.92 Å². The summed E-state index contributed by atoms with van der Waals surface area (Å²) in [5.41, 5.74) is 7.17. The van der Waals surface area contributed by atoms with Crippen molar-refractivity contribution in [3.63, 3.8) is 0 Å². The largest absolute Gasteiger partial charge is 0.506 e. The van der Waals surface area contributed by atoms with Gasteiger partial charge >= 0.3 is 0 Å². The molecule has 0 aliphatic heterocycles. The average Bonchev–Trinajstić information content (AvgIpc) is 3.27. The van der Waals surface area contributed by atoms with Gasteiger partial charge in [0, 0.05) is 32.8 Å². The number of nitrogens with one attached hydrogen (secondary N) is 2. The van der Waals surface area contributed by atoms with E-state index in [9.17, 15) is 9.90 Å². The number of rotatable bonds is 6. The summed E-state index contributed by atoms with van der Waals surface area (Å²) in [4.78, 5) is 17.0. The number of aryl methyl sites for hydroxylation is 1. The number of phenols is 1. The van der Waals surface area contributed by atoms with Crippen molar-refractivity contribution in [1.82, 2.24) is 10.4 Å². The molecule has 0 saturated heterocycles. The predicted molar refractivity (Wildman–Crippen MR) is 138 cm³/mol. The van der Waals surface area contributed by atoms with E-state index >= 15 is 0 Å². The lowest BCUT2D eigenvalue weighted by Crippen LogP contribution is -2.17. The van der Waals surface area contributed by atoms with Crippen LogP contribution in [0.3, 0.4) is 0 Å². The van der Waals surface area contributed by atoms with Crippen LogP contribution in [0.5, 0.6) is 5.75 Å². The Balaban J connectivity index is 1.39. The molecule has 1 amide bonds. The third-order valence-electron chi connectivity index (χ3n) is 4.68. The molecule has 3 N–H and O–H groups in total. The number of benzene rings is 3. The number of carbonyl (C=O) groups excluding carboxylic acids is 1. The van der Waals surface area contributed by atoms with E-state index < -0.39 is 0 Å². The molecular weight excluding hydrogens is 524 g/mol. The lowest BCUT2D eigenvalue weighted by Gasteiger charge is -2.04. The van der Waals surface area contributed by atoms with Gasteiger partial charge in [0.05, 0.1) is 16.4 Å². The van der Waals surface area contributed by atoms with Crippen molar-refractivity contribution < 1.29 is 9.90 Å². The van der Waals surface area contributed by atoms with Crippen LogP contribution in [0.25, 0.3) is 11.3 Å². The highest BCUT2D eigenvalue weighted by Crippen LogP contribution is 2.30. The smallest absolute Gasteiger partial charge is 0.271 e. The van der Waals surface area contributed by atoms with Gasteiger partial charge in [0.25, 0.3) is 5.91 Å². The Labute approximate surface area is 208 Å². The molecule has 166 valence electrons. The zero-order valence-corrected chi connectivity index (χ0v) is 20.5. The summed E-state index contributed by atoms with van der Waals surface area (Å²) >= 11 is 10.7. The molecule has 0 fully saturated rings. The van der Waals surface area contributed by atoms with E-state index in [1.54, 1.807) is 24.3 Å². The first-order valence-corrected chi connectivity index (χ1v) is 11.8. The fourth-order valence-corrected chi connectivity index (χ4v) is 4.50. The van der Waals surface area contributed by atoms with Crippen LogP contribution in [0.1, 0.15) is 21.5 Å². The summed E-state index contributed by atoms with van der Waals surface area (Å²) in [5, 5.41) is 20.4. The van der Waals surface area contributed by atoms with Crippen molar-refractivity contribution >= 4 is 61.8 Å². The van der Waals surface area contributed by atoms with Crippen LogP contribution in [0.2, 0.25) is 5.02 Å². The molecule has 4 rings (SSSR count). The minimum atomic E-state index is -0.376. The van der Waals surface area contributed by atoms with E-state index in [4.69, 9.17) is 11.6 Å². The molecule has 0 aliphatic rings. The number of hydrazone groups is 1. The second kappa shape index (κ2) is 10.2. The Morgan fingerprint density at radius 2 is 1.88 bits per heavy atom. The van der Waals surface area contributed by atoms with Gasteiger partial charge < -0.3 is 10.4 Å². The number of aromatic hydroxyl groups is 1. The van der Waals surface area contributed by atoms with Gasteiger partial charge in [-0.05, 0) is 59.3 Å². The van der Waals surface area contributed by atoms with Crippen LogP contribution < -0.4 is 10.7 Å². The maximum absolute atomic E-state index is 12.4. The molecule has 0 saturated carbocycles. The van der Waals surface area contributed by atoms with Crippen LogP contribution in [0.4, 0.5) is 10.8 Å². The minimum absolute atomic E-state index is 0.0127. The normalized spacial score (nSPS) is 11.0. The van der Waals surface area contributed by atoms with Crippen molar-refractivity contribution in [1.29, 1.82) is 0 Å². The summed E-state index contributed by atoms with van der Waals surface area (Å²) in [7, 11) is 0. The Morgan fingerprint density at radius 1 is 1.15 bits per heavy atom. The molecule has 0 atom stereocenters. The highest BCUT2D eigenvalue weighted by molar-refractivity contribution is 9.10. The molecule has 3 aromatic carbocycles. The highest BCUT2D eigenvalue weighted by Gasteiger charge is 2.09. The van der Waals surface area contributed by atoms with Gasteiger partial charge in [0.1, 0.15) is 5.75 Å². The van der Waals surface area contributed by atoms with Crippen LogP contribution >= 0.6 is 38.9 Å². The number of anilines is 2. The third-order valence-corrected chi connectivity index (χ3v) is 6.26. The minimum Gasteiger partial charge on any atom is -0.506 e. The third kappa shape index (κ3) is 5.78. The monoisotopic (exact) mass is 540 g/mol. The Hall–Kier alpha value is -3.20. The molecule has 0 spiro atoms. The van der Waals surface area contributed by atoms with Crippen LogP contribution in [0.15, 0.2) is 75.6 Å². The van der Waals surface area contributed by atoms with E-state index in [2.05, 4.69) is 36.8 Å². The van der Waals surface area contributed by atoms with Gasteiger partial charge in [-0.2, -0.15) is 5.10 Å². The Kier molecular flexibility index (Phi) is 7.08. The van der Waals surface area contributed by atoms with E-state index in [1.807, 2.05) is 48.7 Å². The molecule has 1 heterocycles. The van der Waals surface area contributed by atoms with E-state index in [0.717, 1.165) is 22.1 Å². The van der Waals surface area contributed by atoms with Crippen molar-refractivity contribution in [2.24, 2.45) is 5.10 Å². The Bertz CT molecular complexity index is 1320. The number of amides is 1. The van der Waals surface area contributed by atoms with Gasteiger partial charge in [-0.25, -0.2) is 10.4 Å². The number of halogens is 2. The van der Waals surface area contributed by atoms with Crippen molar-refractivity contribution in [3.05, 3.63) is 92.2 Å². The van der Waals surface area contributed by atoms with Crippen molar-refractivity contribution in [3.8, 4) is 17.0 Å². The highest BCUT2D eigenvalue weighted by atomic mass is 79.9. The van der Waals surface area contributed by atoms with E-state index in [1.165, 1.54) is 23.1 Å².